The average molecular weight is 395 g/mol. The summed E-state index contributed by atoms with van der Waals surface area (Å²) in [5, 5.41) is 0. The maximum Gasteiger partial charge on any atom is 0.305 e. The SMILES string of the molecule is CCCCCCCCCCC(=O)OCCOC1CCC(C2CCCCC2)CC1. The molecular weight excluding hydrogens is 348 g/mol. The molecule has 2 fully saturated rings. The summed E-state index contributed by atoms with van der Waals surface area (Å²) in [5.74, 6) is 1.90. The lowest BCUT2D eigenvalue weighted by Crippen LogP contribution is -2.28. The molecule has 0 amide bonds. The highest BCUT2D eigenvalue weighted by atomic mass is 16.6. The molecule has 0 aromatic carbocycles. The van der Waals surface area contributed by atoms with Gasteiger partial charge in [0, 0.05) is 6.42 Å². The summed E-state index contributed by atoms with van der Waals surface area (Å²) in [4.78, 5) is 11.8. The van der Waals surface area contributed by atoms with Crippen molar-refractivity contribution in [3.63, 3.8) is 0 Å². The van der Waals surface area contributed by atoms with E-state index in [4.69, 9.17) is 9.47 Å². The van der Waals surface area contributed by atoms with Crippen LogP contribution < -0.4 is 0 Å². The summed E-state index contributed by atoms with van der Waals surface area (Å²) in [5.41, 5.74) is 0. The van der Waals surface area contributed by atoms with E-state index < -0.39 is 0 Å². The Kier molecular flexibility index (Phi) is 12.9. The van der Waals surface area contributed by atoms with Crippen molar-refractivity contribution in [1.82, 2.24) is 0 Å². The summed E-state index contributed by atoms with van der Waals surface area (Å²) in [6.07, 6.45) is 23.4. The Balaban J connectivity index is 1.38. The highest BCUT2D eigenvalue weighted by Crippen LogP contribution is 2.38. The summed E-state index contributed by atoms with van der Waals surface area (Å²) in [7, 11) is 0. The first kappa shape index (κ1) is 23.7. The van der Waals surface area contributed by atoms with Crippen LogP contribution in [0.1, 0.15) is 122 Å². The number of unbranched alkanes of at least 4 members (excludes halogenated alkanes) is 7. The lowest BCUT2D eigenvalue weighted by atomic mass is 9.73. The standard InChI is InChI=1S/C25H46O3/c1-2-3-4-5-6-7-8-12-15-25(26)28-21-20-27-24-18-16-23(17-19-24)22-13-10-9-11-14-22/h22-24H,2-21H2,1H3. The number of ether oxygens (including phenoxy) is 2. The maximum absolute atomic E-state index is 11.8. The van der Waals surface area contributed by atoms with Crippen molar-refractivity contribution in [2.24, 2.45) is 11.8 Å². The number of carbonyl (C=O) groups is 1. The second-order valence-corrected chi connectivity index (χ2v) is 9.25. The van der Waals surface area contributed by atoms with E-state index in [0.29, 0.717) is 25.7 Å². The molecule has 0 N–H and O–H groups in total. The first-order chi connectivity index (χ1) is 13.8. The van der Waals surface area contributed by atoms with Crippen LogP contribution in [0, 0.1) is 11.8 Å². The fourth-order valence-corrected chi connectivity index (χ4v) is 5.18. The summed E-state index contributed by atoms with van der Waals surface area (Å²) < 4.78 is 11.3. The minimum atomic E-state index is -0.0458. The molecule has 0 aliphatic heterocycles. The van der Waals surface area contributed by atoms with E-state index in [0.717, 1.165) is 24.7 Å². The van der Waals surface area contributed by atoms with Gasteiger partial charge in [0.15, 0.2) is 0 Å². The molecule has 2 rings (SSSR count). The molecule has 2 aliphatic carbocycles. The van der Waals surface area contributed by atoms with Gasteiger partial charge in [0.2, 0.25) is 0 Å². The second-order valence-electron chi connectivity index (χ2n) is 9.25. The van der Waals surface area contributed by atoms with Crippen LogP contribution >= 0.6 is 0 Å². The van der Waals surface area contributed by atoms with Gasteiger partial charge >= 0.3 is 5.97 Å². The van der Waals surface area contributed by atoms with Gasteiger partial charge in [0.25, 0.3) is 0 Å². The van der Waals surface area contributed by atoms with Crippen LogP contribution in [0.15, 0.2) is 0 Å². The van der Waals surface area contributed by atoms with Crippen LogP contribution in [-0.2, 0) is 14.3 Å². The third-order valence-corrected chi connectivity index (χ3v) is 6.97. The van der Waals surface area contributed by atoms with Crippen LogP contribution in [0.25, 0.3) is 0 Å². The van der Waals surface area contributed by atoms with E-state index in [1.54, 1.807) is 0 Å². The molecule has 0 unspecified atom stereocenters. The molecule has 0 atom stereocenters. The van der Waals surface area contributed by atoms with E-state index in [1.807, 2.05) is 0 Å². The number of hydrogen-bond donors (Lipinski definition) is 0. The number of carbonyl (C=O) groups excluding carboxylic acids is 1. The Morgan fingerprint density at radius 1 is 0.714 bits per heavy atom. The lowest BCUT2D eigenvalue weighted by molar-refractivity contribution is -0.146. The van der Waals surface area contributed by atoms with E-state index in [9.17, 15) is 4.79 Å². The van der Waals surface area contributed by atoms with E-state index in [2.05, 4.69) is 6.92 Å². The summed E-state index contributed by atoms with van der Waals surface area (Å²) in [6, 6.07) is 0. The quantitative estimate of drug-likeness (QED) is 0.230. The van der Waals surface area contributed by atoms with Crippen molar-refractivity contribution >= 4 is 5.97 Å². The van der Waals surface area contributed by atoms with Gasteiger partial charge in [-0.25, -0.2) is 0 Å². The van der Waals surface area contributed by atoms with Gasteiger partial charge in [-0.1, -0.05) is 84.0 Å². The first-order valence-electron chi connectivity index (χ1n) is 12.6. The number of rotatable bonds is 14. The van der Waals surface area contributed by atoms with Crippen LogP contribution in [0.2, 0.25) is 0 Å². The zero-order valence-corrected chi connectivity index (χ0v) is 18.6. The number of hydrogen-bond acceptors (Lipinski definition) is 3. The van der Waals surface area contributed by atoms with Crippen LogP contribution in [0.5, 0.6) is 0 Å². The van der Waals surface area contributed by atoms with Gasteiger partial charge in [-0.2, -0.15) is 0 Å². The van der Waals surface area contributed by atoms with Crippen molar-refractivity contribution in [2.75, 3.05) is 13.2 Å². The second kappa shape index (κ2) is 15.3. The highest BCUT2D eigenvalue weighted by Gasteiger charge is 2.28. The van der Waals surface area contributed by atoms with Crippen molar-refractivity contribution in [2.45, 2.75) is 129 Å². The average Bonchev–Trinajstić information content (AvgIpc) is 2.74. The molecule has 3 heteroatoms. The molecule has 0 saturated heterocycles. The zero-order valence-electron chi connectivity index (χ0n) is 18.6. The molecule has 0 aromatic heterocycles. The number of esters is 1. The minimum Gasteiger partial charge on any atom is -0.463 e. The molecule has 0 heterocycles. The third-order valence-electron chi connectivity index (χ3n) is 6.97. The monoisotopic (exact) mass is 394 g/mol. The van der Waals surface area contributed by atoms with Gasteiger partial charge < -0.3 is 9.47 Å². The third kappa shape index (κ3) is 10.3. The summed E-state index contributed by atoms with van der Waals surface area (Å²) in [6.45, 7) is 3.25. The van der Waals surface area contributed by atoms with Gasteiger partial charge in [0.05, 0.1) is 12.7 Å². The Bertz CT molecular complexity index is 381. The zero-order chi connectivity index (χ0) is 19.9. The van der Waals surface area contributed by atoms with Crippen molar-refractivity contribution in [1.29, 1.82) is 0 Å². The summed E-state index contributed by atoms with van der Waals surface area (Å²) >= 11 is 0. The molecule has 0 aromatic rings. The predicted molar refractivity (Wildman–Crippen MR) is 116 cm³/mol. The Morgan fingerprint density at radius 2 is 1.32 bits per heavy atom. The maximum atomic E-state index is 11.8. The topological polar surface area (TPSA) is 35.5 Å². The van der Waals surface area contributed by atoms with Gasteiger partial charge in [-0.3, -0.25) is 4.79 Å². The van der Waals surface area contributed by atoms with Crippen LogP contribution in [0.4, 0.5) is 0 Å². The molecule has 3 nitrogen and oxygen atoms in total. The van der Waals surface area contributed by atoms with Crippen molar-refractivity contribution < 1.29 is 14.3 Å². The van der Waals surface area contributed by atoms with Gasteiger partial charge in [-0.15, -0.1) is 0 Å². The Labute approximate surface area is 174 Å². The molecule has 164 valence electrons. The minimum absolute atomic E-state index is 0.0458. The Hall–Kier alpha value is -0.570. The predicted octanol–water partition coefficient (Wildman–Crippen LogP) is 7.22. The highest BCUT2D eigenvalue weighted by molar-refractivity contribution is 5.69. The Morgan fingerprint density at radius 3 is 2.00 bits per heavy atom. The molecule has 0 radical (unpaired) electrons. The molecule has 28 heavy (non-hydrogen) atoms. The molecular formula is C25H46O3. The normalized spacial score (nSPS) is 23.6. The van der Waals surface area contributed by atoms with E-state index in [1.165, 1.54) is 96.3 Å². The molecule has 2 aliphatic rings. The van der Waals surface area contributed by atoms with Gasteiger partial charge in [-0.05, 0) is 43.9 Å². The first-order valence-corrected chi connectivity index (χ1v) is 12.6. The largest absolute Gasteiger partial charge is 0.463 e. The lowest BCUT2D eigenvalue weighted by Gasteiger charge is -2.35. The van der Waals surface area contributed by atoms with Crippen molar-refractivity contribution in [3.05, 3.63) is 0 Å². The fourth-order valence-electron chi connectivity index (χ4n) is 5.18. The smallest absolute Gasteiger partial charge is 0.305 e. The van der Waals surface area contributed by atoms with Crippen molar-refractivity contribution in [3.8, 4) is 0 Å². The van der Waals surface area contributed by atoms with E-state index >= 15 is 0 Å². The fraction of sp³-hybridized carbons (Fsp3) is 0.960. The van der Waals surface area contributed by atoms with Crippen LogP contribution in [0.3, 0.4) is 0 Å². The van der Waals surface area contributed by atoms with E-state index in [-0.39, 0.29) is 5.97 Å². The van der Waals surface area contributed by atoms with Crippen LogP contribution in [-0.4, -0.2) is 25.3 Å². The molecule has 2 saturated carbocycles. The molecule has 0 bridgehead atoms. The van der Waals surface area contributed by atoms with Gasteiger partial charge in [0.1, 0.15) is 6.61 Å². The molecule has 0 spiro atoms.